The lowest BCUT2D eigenvalue weighted by Crippen LogP contribution is -2.14. The highest BCUT2D eigenvalue weighted by atomic mass is 16.2. The molecule has 0 atom stereocenters. The topological polar surface area (TPSA) is 85.1 Å². The zero-order valence-corrected chi connectivity index (χ0v) is 13.5. The number of pyridine rings is 1. The third-order valence-corrected chi connectivity index (χ3v) is 4.32. The van der Waals surface area contributed by atoms with E-state index in [-0.39, 0.29) is 24.5 Å². The molecular formula is C19H21N3O2. The van der Waals surface area contributed by atoms with Crippen molar-refractivity contribution in [2.45, 2.75) is 38.5 Å². The van der Waals surface area contributed by atoms with Crippen molar-refractivity contribution in [2.24, 2.45) is 0 Å². The normalized spacial score (nSPS) is 13.2. The van der Waals surface area contributed by atoms with E-state index in [1.165, 1.54) is 30.2 Å². The number of aryl methyl sites for hydroxylation is 2. The van der Waals surface area contributed by atoms with E-state index in [1.54, 1.807) is 12.1 Å². The van der Waals surface area contributed by atoms with Crippen molar-refractivity contribution >= 4 is 23.2 Å². The summed E-state index contributed by atoms with van der Waals surface area (Å²) in [5, 5.41) is 2.72. The van der Waals surface area contributed by atoms with Crippen LogP contribution >= 0.6 is 0 Å². The molecule has 0 fully saturated rings. The minimum Gasteiger partial charge on any atom is -0.384 e. The van der Waals surface area contributed by atoms with Crippen LogP contribution in [0.3, 0.4) is 0 Å². The fourth-order valence-corrected chi connectivity index (χ4v) is 2.98. The number of carbonyl (C=O) groups excluding carboxylic acids is 2. The van der Waals surface area contributed by atoms with Crippen LogP contribution in [0.2, 0.25) is 0 Å². The first-order chi connectivity index (χ1) is 11.6. The van der Waals surface area contributed by atoms with Crippen molar-refractivity contribution in [1.82, 2.24) is 4.98 Å². The van der Waals surface area contributed by atoms with Gasteiger partial charge in [0.2, 0.25) is 5.91 Å². The van der Waals surface area contributed by atoms with Crippen LogP contribution in [-0.4, -0.2) is 16.7 Å². The lowest BCUT2D eigenvalue weighted by Gasteiger charge is -2.16. The zero-order chi connectivity index (χ0) is 16.9. The highest BCUT2D eigenvalue weighted by Crippen LogP contribution is 2.23. The van der Waals surface area contributed by atoms with E-state index in [1.807, 2.05) is 12.1 Å². The van der Waals surface area contributed by atoms with Gasteiger partial charge in [-0.3, -0.25) is 9.59 Å². The number of amides is 1. The Labute approximate surface area is 141 Å². The number of nitrogens with two attached hydrogens (primary N) is 1. The number of hydrogen-bond donors (Lipinski definition) is 2. The van der Waals surface area contributed by atoms with Gasteiger partial charge >= 0.3 is 0 Å². The Morgan fingerprint density at radius 2 is 1.83 bits per heavy atom. The average Bonchev–Trinajstić information content (AvgIpc) is 2.61. The summed E-state index contributed by atoms with van der Waals surface area (Å²) in [6.45, 7) is 0. The van der Waals surface area contributed by atoms with Crippen LogP contribution in [0.4, 0.5) is 11.5 Å². The van der Waals surface area contributed by atoms with Crippen LogP contribution in [0, 0.1) is 0 Å². The quantitative estimate of drug-likeness (QED) is 0.828. The van der Waals surface area contributed by atoms with Gasteiger partial charge in [-0.05, 0) is 55.0 Å². The van der Waals surface area contributed by atoms with E-state index in [4.69, 9.17) is 5.73 Å². The maximum atomic E-state index is 12.3. The number of carbonyl (C=O) groups is 2. The number of benzene rings is 1. The summed E-state index contributed by atoms with van der Waals surface area (Å²) in [7, 11) is 0. The minimum absolute atomic E-state index is 0.00829. The summed E-state index contributed by atoms with van der Waals surface area (Å²) in [6, 6.07) is 9.24. The number of rotatable bonds is 5. The second kappa shape index (κ2) is 7.25. The maximum absolute atomic E-state index is 12.3. The molecule has 1 aromatic heterocycles. The van der Waals surface area contributed by atoms with E-state index in [0.29, 0.717) is 17.1 Å². The molecule has 2 aromatic rings. The standard InChI is InChI=1S/C19H21N3O2/c20-18-9-7-16(12-21-18)22-19(24)10-8-17(23)15-6-5-13-3-1-2-4-14(13)11-15/h5-7,9,11-12H,1-4,8,10H2,(H2,20,21)(H,22,24). The van der Waals surface area contributed by atoms with Gasteiger partial charge in [0.1, 0.15) is 5.82 Å². The Balaban J connectivity index is 1.55. The Hall–Kier alpha value is -2.69. The SMILES string of the molecule is Nc1ccc(NC(=O)CCC(=O)c2ccc3c(c2)CCCC3)cn1. The van der Waals surface area contributed by atoms with Crippen molar-refractivity contribution in [3.63, 3.8) is 0 Å². The molecule has 1 amide bonds. The summed E-state index contributed by atoms with van der Waals surface area (Å²) < 4.78 is 0. The molecule has 124 valence electrons. The minimum atomic E-state index is -0.201. The monoisotopic (exact) mass is 323 g/mol. The van der Waals surface area contributed by atoms with Crippen LogP contribution in [0.15, 0.2) is 36.5 Å². The molecule has 3 N–H and O–H groups in total. The fourth-order valence-electron chi connectivity index (χ4n) is 2.98. The molecule has 3 rings (SSSR count). The van der Waals surface area contributed by atoms with E-state index >= 15 is 0 Å². The fraction of sp³-hybridized carbons (Fsp3) is 0.316. The molecule has 1 aliphatic rings. The van der Waals surface area contributed by atoms with E-state index in [0.717, 1.165) is 12.8 Å². The number of ketones is 1. The van der Waals surface area contributed by atoms with E-state index < -0.39 is 0 Å². The lowest BCUT2D eigenvalue weighted by atomic mass is 9.89. The summed E-state index contributed by atoms with van der Waals surface area (Å²) in [5.74, 6) is 0.206. The second-order valence-electron chi connectivity index (χ2n) is 6.13. The molecule has 0 saturated carbocycles. The van der Waals surface area contributed by atoms with Crippen molar-refractivity contribution in [1.29, 1.82) is 0 Å². The summed E-state index contributed by atoms with van der Waals surface area (Å²) >= 11 is 0. The number of anilines is 2. The largest absolute Gasteiger partial charge is 0.384 e. The van der Waals surface area contributed by atoms with Gasteiger partial charge in [0.25, 0.3) is 0 Å². The van der Waals surface area contributed by atoms with Crippen molar-refractivity contribution in [3.8, 4) is 0 Å². The number of fused-ring (bicyclic) bond motifs is 1. The first-order valence-corrected chi connectivity index (χ1v) is 8.28. The van der Waals surface area contributed by atoms with Crippen LogP contribution in [-0.2, 0) is 17.6 Å². The number of Topliss-reactive ketones (excluding diaryl/α,β-unsaturated/α-hetero) is 1. The van der Waals surface area contributed by atoms with Gasteiger partial charge in [-0.15, -0.1) is 0 Å². The third-order valence-electron chi connectivity index (χ3n) is 4.32. The van der Waals surface area contributed by atoms with Gasteiger partial charge in [-0.2, -0.15) is 0 Å². The van der Waals surface area contributed by atoms with E-state index in [2.05, 4.69) is 16.4 Å². The summed E-state index contributed by atoms with van der Waals surface area (Å²) in [6.07, 6.45) is 6.40. The molecule has 0 bridgehead atoms. The van der Waals surface area contributed by atoms with Gasteiger partial charge in [-0.1, -0.05) is 12.1 Å². The van der Waals surface area contributed by atoms with Crippen LogP contribution in [0.25, 0.3) is 0 Å². The molecule has 5 heteroatoms. The molecule has 24 heavy (non-hydrogen) atoms. The highest BCUT2D eigenvalue weighted by molar-refractivity contribution is 6.00. The lowest BCUT2D eigenvalue weighted by molar-refractivity contribution is -0.116. The molecule has 0 saturated heterocycles. The van der Waals surface area contributed by atoms with E-state index in [9.17, 15) is 9.59 Å². The Morgan fingerprint density at radius 3 is 2.58 bits per heavy atom. The van der Waals surface area contributed by atoms with Crippen molar-refractivity contribution < 1.29 is 9.59 Å². The Bertz CT molecular complexity index is 754. The molecular weight excluding hydrogens is 302 g/mol. The molecule has 0 aliphatic heterocycles. The Kier molecular flexibility index (Phi) is 4.89. The van der Waals surface area contributed by atoms with Gasteiger partial charge in [0.15, 0.2) is 5.78 Å². The molecule has 1 aromatic carbocycles. The van der Waals surface area contributed by atoms with Gasteiger partial charge in [0, 0.05) is 18.4 Å². The molecule has 1 aliphatic carbocycles. The number of nitrogens with one attached hydrogen (secondary N) is 1. The third kappa shape index (κ3) is 3.98. The zero-order valence-electron chi connectivity index (χ0n) is 13.5. The Morgan fingerprint density at radius 1 is 1.04 bits per heavy atom. The molecule has 1 heterocycles. The summed E-state index contributed by atoms with van der Waals surface area (Å²) in [4.78, 5) is 28.2. The second-order valence-corrected chi connectivity index (χ2v) is 6.13. The number of nitrogens with zero attached hydrogens (tertiary/aromatic N) is 1. The first kappa shape index (κ1) is 16.2. The van der Waals surface area contributed by atoms with Gasteiger partial charge in [0.05, 0.1) is 11.9 Å². The predicted molar refractivity (Wildman–Crippen MR) is 93.9 cm³/mol. The average molecular weight is 323 g/mol. The van der Waals surface area contributed by atoms with Crippen LogP contribution in [0.1, 0.15) is 47.2 Å². The number of nitrogen functional groups attached to an aromatic ring is 1. The van der Waals surface area contributed by atoms with Gasteiger partial charge in [-0.25, -0.2) is 4.98 Å². The maximum Gasteiger partial charge on any atom is 0.224 e. The first-order valence-electron chi connectivity index (χ1n) is 8.28. The summed E-state index contributed by atoms with van der Waals surface area (Å²) in [5.41, 5.74) is 9.42. The molecule has 0 radical (unpaired) electrons. The number of hydrogen-bond acceptors (Lipinski definition) is 4. The van der Waals surface area contributed by atoms with Crippen molar-refractivity contribution in [2.75, 3.05) is 11.1 Å². The van der Waals surface area contributed by atoms with Gasteiger partial charge < -0.3 is 11.1 Å². The molecule has 5 nitrogen and oxygen atoms in total. The smallest absolute Gasteiger partial charge is 0.224 e. The predicted octanol–water partition coefficient (Wildman–Crippen LogP) is 3.14. The van der Waals surface area contributed by atoms with Crippen LogP contribution < -0.4 is 11.1 Å². The molecule has 0 unspecified atom stereocenters. The van der Waals surface area contributed by atoms with Crippen LogP contribution in [0.5, 0.6) is 0 Å². The molecule has 0 spiro atoms. The highest BCUT2D eigenvalue weighted by Gasteiger charge is 2.14. The number of aromatic nitrogens is 1. The van der Waals surface area contributed by atoms with Crippen molar-refractivity contribution in [3.05, 3.63) is 53.2 Å².